The number of carboxylic acid groups (broad SMARTS) is 2. The second-order valence-electron chi connectivity index (χ2n) is 6.89. The molecule has 2 atom stereocenters. The predicted octanol–water partition coefficient (Wildman–Crippen LogP) is 1.42. The summed E-state index contributed by atoms with van der Waals surface area (Å²) in [5, 5.41) is 29.0. The molecule has 10 nitrogen and oxygen atoms in total. The van der Waals surface area contributed by atoms with Crippen LogP contribution in [0.4, 0.5) is 0 Å². The molecule has 6 N–H and O–H groups in total. The van der Waals surface area contributed by atoms with Crippen LogP contribution in [0, 0.1) is 0 Å². The van der Waals surface area contributed by atoms with Gasteiger partial charge in [0.25, 0.3) is 0 Å². The van der Waals surface area contributed by atoms with Crippen molar-refractivity contribution in [1.82, 2.24) is 5.32 Å². The maximum atomic E-state index is 11.0. The first-order valence-corrected chi connectivity index (χ1v) is 9.91. The molecule has 0 aliphatic heterocycles. The van der Waals surface area contributed by atoms with Gasteiger partial charge in [-0.05, 0) is 47.9 Å². The van der Waals surface area contributed by atoms with Gasteiger partial charge in [0.05, 0.1) is 0 Å². The molecule has 1 amide bonds. The highest BCUT2D eigenvalue weighted by atomic mass is 16.5. The van der Waals surface area contributed by atoms with Crippen LogP contribution in [0.25, 0.3) is 0 Å². The molecule has 1 unspecified atom stereocenters. The zero-order valence-electron chi connectivity index (χ0n) is 18.2. The van der Waals surface area contributed by atoms with Gasteiger partial charge in [-0.15, -0.1) is 0 Å². The molecule has 0 fully saturated rings. The molecule has 2 rings (SSSR count). The highest BCUT2D eigenvalue weighted by Crippen LogP contribution is 2.14. The van der Waals surface area contributed by atoms with E-state index in [0.717, 1.165) is 17.7 Å². The van der Waals surface area contributed by atoms with E-state index in [9.17, 15) is 19.2 Å². The summed E-state index contributed by atoms with van der Waals surface area (Å²) < 4.78 is 4.87. The Balaban J connectivity index is 0.000000340. The molecule has 2 aromatic rings. The number of benzene rings is 2. The number of carbonyl (C=O) groups excluding carboxylic acids is 2. The van der Waals surface area contributed by atoms with Crippen LogP contribution in [0.3, 0.4) is 0 Å². The Labute approximate surface area is 196 Å². The Bertz CT molecular complexity index is 1020. The molecule has 0 heterocycles. The minimum absolute atomic E-state index is 0.107. The number of hydrogen-bond acceptors (Lipinski definition) is 7. The fourth-order valence-corrected chi connectivity index (χ4v) is 2.49. The van der Waals surface area contributed by atoms with Crippen LogP contribution in [-0.4, -0.2) is 51.2 Å². The van der Waals surface area contributed by atoms with Gasteiger partial charge in [-0.25, -0.2) is 9.59 Å². The molecule has 0 aromatic heterocycles. The predicted molar refractivity (Wildman–Crippen MR) is 123 cm³/mol. The first-order chi connectivity index (χ1) is 16.0. The van der Waals surface area contributed by atoms with Gasteiger partial charge in [0.15, 0.2) is 0 Å². The second kappa shape index (κ2) is 13.9. The third-order valence-electron chi connectivity index (χ3n) is 4.26. The minimum atomic E-state index is -1.12. The van der Waals surface area contributed by atoms with Gasteiger partial charge in [0, 0.05) is 12.5 Å². The van der Waals surface area contributed by atoms with E-state index in [2.05, 4.69) is 18.5 Å². The van der Waals surface area contributed by atoms with Gasteiger partial charge < -0.3 is 31.1 Å². The lowest BCUT2D eigenvalue weighted by atomic mass is 10.1. The van der Waals surface area contributed by atoms with Gasteiger partial charge in [0.2, 0.25) is 5.91 Å². The Kier molecular flexibility index (Phi) is 11.2. The van der Waals surface area contributed by atoms with E-state index < -0.39 is 35.9 Å². The van der Waals surface area contributed by atoms with Crippen molar-refractivity contribution in [3.05, 3.63) is 85.0 Å². The van der Waals surface area contributed by atoms with Crippen LogP contribution >= 0.6 is 0 Å². The molecule has 10 heteroatoms. The molecule has 0 bridgehead atoms. The number of aliphatic carboxylic acids is 2. The zero-order chi connectivity index (χ0) is 25.7. The van der Waals surface area contributed by atoms with Crippen LogP contribution in [0.15, 0.2) is 73.8 Å². The summed E-state index contributed by atoms with van der Waals surface area (Å²) in [5.74, 6) is -2.75. The monoisotopic (exact) mass is 470 g/mol. The van der Waals surface area contributed by atoms with Crippen molar-refractivity contribution in [2.75, 3.05) is 0 Å². The van der Waals surface area contributed by atoms with Crippen molar-refractivity contribution in [1.29, 1.82) is 0 Å². The smallest absolute Gasteiger partial charge is 0.335 e. The normalized spacial score (nSPS) is 11.6. The maximum absolute atomic E-state index is 11.0. The molecule has 180 valence electrons. The quantitative estimate of drug-likeness (QED) is 0.195. The van der Waals surface area contributed by atoms with Crippen molar-refractivity contribution in [3.63, 3.8) is 0 Å². The standard InChI is InChI=1S/2C12H13NO4/c1-2-11(14)17-9-5-3-8(4-6-9)7-10(13)12(15)16;1-2-11(15)13-10(12(16)17)7-8-3-5-9(14)6-4-8/h2-6,10H,1,7,13H2,(H,15,16);2-6,10,14H,1,7H2,(H,13,15)(H,16,17)/t;10-/m.0/s1. The summed E-state index contributed by atoms with van der Waals surface area (Å²) in [4.78, 5) is 43.4. The molecule has 0 saturated heterocycles. The number of carbonyl (C=O) groups is 4. The van der Waals surface area contributed by atoms with Gasteiger partial charge >= 0.3 is 17.9 Å². The number of amides is 1. The SMILES string of the molecule is C=CC(=O)N[C@@H](Cc1ccc(O)cc1)C(=O)O.C=CC(=O)Oc1ccc(CC(N)C(=O)O)cc1. The Hall–Kier alpha value is -4.44. The van der Waals surface area contributed by atoms with Crippen LogP contribution in [0.2, 0.25) is 0 Å². The highest BCUT2D eigenvalue weighted by Gasteiger charge is 2.19. The number of hydrogen-bond donors (Lipinski definition) is 5. The Morgan fingerprint density at radius 2 is 1.41 bits per heavy atom. The first kappa shape index (κ1) is 27.6. The maximum Gasteiger partial charge on any atom is 0.335 e. The average molecular weight is 470 g/mol. The summed E-state index contributed by atoms with van der Waals surface area (Å²) in [6, 6.07) is 10.7. The largest absolute Gasteiger partial charge is 0.508 e. The topological polar surface area (TPSA) is 176 Å². The van der Waals surface area contributed by atoms with Crippen molar-refractivity contribution in [3.8, 4) is 11.5 Å². The van der Waals surface area contributed by atoms with Crippen molar-refractivity contribution < 1.29 is 39.2 Å². The highest BCUT2D eigenvalue weighted by molar-refractivity contribution is 5.90. The second-order valence-corrected chi connectivity index (χ2v) is 6.89. The molecule has 34 heavy (non-hydrogen) atoms. The summed E-state index contributed by atoms with van der Waals surface area (Å²) >= 11 is 0. The number of phenols is 1. The lowest BCUT2D eigenvalue weighted by Crippen LogP contribution is -2.41. The molecule has 0 aliphatic rings. The summed E-state index contributed by atoms with van der Waals surface area (Å²) in [7, 11) is 0. The molecule has 0 aliphatic carbocycles. The van der Waals surface area contributed by atoms with E-state index in [1.165, 1.54) is 12.1 Å². The van der Waals surface area contributed by atoms with Crippen LogP contribution in [0.1, 0.15) is 11.1 Å². The summed E-state index contributed by atoms with van der Waals surface area (Å²) in [6.07, 6.45) is 2.46. The lowest BCUT2D eigenvalue weighted by Gasteiger charge is -2.13. The molecule has 2 aromatic carbocycles. The number of phenolic OH excluding ortho intramolecular Hbond substituents is 1. The van der Waals surface area contributed by atoms with Crippen molar-refractivity contribution >= 4 is 23.8 Å². The number of rotatable bonds is 10. The van der Waals surface area contributed by atoms with Gasteiger partial charge in [0.1, 0.15) is 23.6 Å². The average Bonchev–Trinajstić information content (AvgIpc) is 2.81. The molecular weight excluding hydrogens is 444 g/mol. The molecule has 0 saturated carbocycles. The fourth-order valence-electron chi connectivity index (χ4n) is 2.49. The van der Waals surface area contributed by atoms with Crippen molar-refractivity contribution in [2.24, 2.45) is 5.73 Å². The van der Waals surface area contributed by atoms with E-state index in [0.29, 0.717) is 11.3 Å². The number of aromatic hydroxyl groups is 1. The van der Waals surface area contributed by atoms with E-state index in [-0.39, 0.29) is 18.6 Å². The first-order valence-electron chi connectivity index (χ1n) is 9.91. The Morgan fingerprint density at radius 3 is 1.88 bits per heavy atom. The van der Waals surface area contributed by atoms with Crippen LogP contribution in [-0.2, 0) is 32.0 Å². The fraction of sp³-hybridized carbons (Fsp3) is 0.167. The summed E-state index contributed by atoms with van der Waals surface area (Å²) in [6.45, 7) is 6.53. The Morgan fingerprint density at radius 1 is 0.882 bits per heavy atom. The van der Waals surface area contributed by atoms with E-state index in [1.54, 1.807) is 36.4 Å². The van der Waals surface area contributed by atoms with Gasteiger partial charge in [-0.2, -0.15) is 0 Å². The molecular formula is C24H26N2O8. The van der Waals surface area contributed by atoms with E-state index in [4.69, 9.17) is 25.8 Å². The third-order valence-corrected chi connectivity index (χ3v) is 4.26. The minimum Gasteiger partial charge on any atom is -0.508 e. The molecule has 0 spiro atoms. The third kappa shape index (κ3) is 10.2. The van der Waals surface area contributed by atoms with Crippen LogP contribution < -0.4 is 15.8 Å². The van der Waals surface area contributed by atoms with Crippen LogP contribution in [0.5, 0.6) is 11.5 Å². The van der Waals surface area contributed by atoms with Gasteiger partial charge in [-0.1, -0.05) is 37.4 Å². The van der Waals surface area contributed by atoms with E-state index in [1.807, 2.05) is 0 Å². The number of esters is 1. The van der Waals surface area contributed by atoms with Gasteiger partial charge in [-0.3, -0.25) is 9.59 Å². The zero-order valence-corrected chi connectivity index (χ0v) is 18.2. The lowest BCUT2D eigenvalue weighted by molar-refractivity contribution is -0.141. The number of nitrogens with one attached hydrogen (secondary N) is 1. The summed E-state index contributed by atoms with van der Waals surface area (Å²) in [5.41, 5.74) is 6.86. The number of ether oxygens (including phenoxy) is 1. The van der Waals surface area contributed by atoms with Crippen molar-refractivity contribution in [2.45, 2.75) is 24.9 Å². The number of nitrogens with two attached hydrogens (primary N) is 1. The van der Waals surface area contributed by atoms with E-state index >= 15 is 0 Å². The molecule has 0 radical (unpaired) electrons. The number of carboxylic acids is 2.